The molecule has 12 rings (SSSR count). The highest BCUT2D eigenvalue weighted by molar-refractivity contribution is 6.22. The van der Waals surface area contributed by atoms with Crippen LogP contribution in [0.2, 0.25) is 0 Å². The molecule has 11 aromatic carbocycles. The first-order valence-electron chi connectivity index (χ1n) is 22.0. The number of hydrogen-bond acceptors (Lipinski definition) is 1. The number of anilines is 2. The van der Waals surface area contributed by atoms with Crippen LogP contribution in [0.1, 0.15) is 12.0 Å². The zero-order valence-corrected chi connectivity index (χ0v) is 34.8. The molecule has 0 aliphatic heterocycles. The van der Waals surface area contributed by atoms with Crippen molar-refractivity contribution in [3.8, 4) is 33.4 Å². The predicted octanol–water partition coefficient (Wildman–Crippen LogP) is 17.0. The lowest BCUT2D eigenvalue weighted by molar-refractivity contribution is 0.789. The first-order chi connectivity index (χ1) is 31.3. The van der Waals surface area contributed by atoms with Crippen molar-refractivity contribution in [2.75, 3.05) is 4.90 Å². The second-order valence-corrected chi connectivity index (χ2v) is 16.7. The van der Waals surface area contributed by atoms with Crippen molar-refractivity contribution >= 4 is 70.8 Å². The largest absolute Gasteiger partial charge is 0.334 e. The average Bonchev–Trinajstić information content (AvgIpc) is 3.36. The standard InChI is InChI=1S/C62H43N/c1-3-19-43(20-4-1)59-50-25-9-13-29-54(50)61(55-30-14-10-26-51(55)59)45-34-38-47(39-35-45)63(58-33-17-23-42-18-7-8-24-49(42)58)48-40-36-46(37-41-48)62-56-31-15-11-27-52(56)60(44-21-5-2-6-22-44)53-28-12-16-32-57(53)62/h1-40,48H,41H2. The van der Waals surface area contributed by atoms with E-state index in [4.69, 9.17) is 0 Å². The quantitative estimate of drug-likeness (QED) is 0.145. The van der Waals surface area contributed by atoms with E-state index in [2.05, 4.69) is 248 Å². The normalized spacial score (nSPS) is 13.8. The highest BCUT2D eigenvalue weighted by Crippen LogP contribution is 2.46. The number of benzene rings is 11. The third kappa shape index (κ3) is 6.24. The molecule has 0 fully saturated rings. The molecule has 1 unspecified atom stereocenters. The maximum Gasteiger partial charge on any atom is 0.0560 e. The molecule has 0 heterocycles. The van der Waals surface area contributed by atoms with E-state index >= 15 is 0 Å². The third-order valence-corrected chi connectivity index (χ3v) is 13.1. The highest BCUT2D eigenvalue weighted by atomic mass is 15.2. The lowest BCUT2D eigenvalue weighted by Gasteiger charge is -2.34. The minimum absolute atomic E-state index is 0.0957. The van der Waals surface area contributed by atoms with E-state index in [1.807, 2.05) is 0 Å². The van der Waals surface area contributed by atoms with Gasteiger partial charge in [-0.2, -0.15) is 0 Å². The van der Waals surface area contributed by atoms with Crippen molar-refractivity contribution in [1.29, 1.82) is 0 Å². The van der Waals surface area contributed by atoms with Gasteiger partial charge in [0.1, 0.15) is 0 Å². The average molecular weight is 802 g/mol. The Morgan fingerprint density at radius 3 is 1.14 bits per heavy atom. The van der Waals surface area contributed by atoms with Gasteiger partial charge in [0.15, 0.2) is 0 Å². The van der Waals surface area contributed by atoms with Crippen LogP contribution in [0.4, 0.5) is 11.4 Å². The lowest BCUT2D eigenvalue weighted by atomic mass is 9.84. The van der Waals surface area contributed by atoms with Gasteiger partial charge in [-0.25, -0.2) is 0 Å². The summed E-state index contributed by atoms with van der Waals surface area (Å²) < 4.78 is 0. The summed E-state index contributed by atoms with van der Waals surface area (Å²) in [4.78, 5) is 2.55. The van der Waals surface area contributed by atoms with Crippen molar-refractivity contribution in [3.05, 3.63) is 248 Å². The van der Waals surface area contributed by atoms with Crippen LogP contribution in [-0.4, -0.2) is 6.04 Å². The maximum atomic E-state index is 2.55. The summed E-state index contributed by atoms with van der Waals surface area (Å²) in [5.41, 5.74) is 12.5. The Kier molecular flexibility index (Phi) is 9.04. The van der Waals surface area contributed by atoms with Crippen LogP contribution in [0.25, 0.3) is 92.8 Å². The molecular weight excluding hydrogens is 759 g/mol. The topological polar surface area (TPSA) is 3.24 Å². The zero-order valence-electron chi connectivity index (χ0n) is 34.8. The number of allylic oxidation sites excluding steroid dienone is 2. The smallest absolute Gasteiger partial charge is 0.0560 e. The lowest BCUT2D eigenvalue weighted by Crippen LogP contribution is -2.30. The van der Waals surface area contributed by atoms with Gasteiger partial charge in [-0.1, -0.05) is 224 Å². The van der Waals surface area contributed by atoms with Crippen molar-refractivity contribution in [3.63, 3.8) is 0 Å². The van der Waals surface area contributed by atoms with Crippen molar-refractivity contribution in [1.82, 2.24) is 0 Å². The molecule has 0 bridgehead atoms. The van der Waals surface area contributed by atoms with E-state index in [0.29, 0.717) is 0 Å². The van der Waals surface area contributed by atoms with Gasteiger partial charge < -0.3 is 4.90 Å². The fourth-order valence-corrected chi connectivity index (χ4v) is 10.4. The Morgan fingerprint density at radius 2 is 0.698 bits per heavy atom. The van der Waals surface area contributed by atoms with E-state index in [9.17, 15) is 0 Å². The Bertz CT molecular complexity index is 3460. The van der Waals surface area contributed by atoms with Crippen LogP contribution in [0.3, 0.4) is 0 Å². The fraction of sp³-hybridized carbons (Fsp3) is 0.0323. The van der Waals surface area contributed by atoms with Crippen LogP contribution in [0, 0.1) is 0 Å². The van der Waals surface area contributed by atoms with Gasteiger partial charge in [0.05, 0.1) is 6.04 Å². The van der Waals surface area contributed by atoms with Gasteiger partial charge in [-0.3, -0.25) is 0 Å². The number of nitrogens with zero attached hydrogens (tertiary/aromatic N) is 1. The molecule has 1 aliphatic rings. The van der Waals surface area contributed by atoms with Gasteiger partial charge >= 0.3 is 0 Å². The van der Waals surface area contributed by atoms with Gasteiger partial charge in [0, 0.05) is 16.8 Å². The van der Waals surface area contributed by atoms with E-state index in [0.717, 1.165) is 6.42 Å². The highest BCUT2D eigenvalue weighted by Gasteiger charge is 2.25. The van der Waals surface area contributed by atoms with E-state index in [-0.39, 0.29) is 6.04 Å². The molecule has 0 N–H and O–H groups in total. The molecule has 1 nitrogen and oxygen atoms in total. The number of hydrogen-bond donors (Lipinski definition) is 0. The van der Waals surface area contributed by atoms with Gasteiger partial charge in [-0.05, 0) is 118 Å². The molecule has 63 heavy (non-hydrogen) atoms. The molecular formula is C62H43N. The van der Waals surface area contributed by atoms with Crippen LogP contribution >= 0.6 is 0 Å². The third-order valence-electron chi connectivity index (χ3n) is 13.1. The minimum atomic E-state index is 0.0957. The molecule has 1 heteroatoms. The van der Waals surface area contributed by atoms with Crippen molar-refractivity contribution in [2.45, 2.75) is 12.5 Å². The molecule has 0 amide bonds. The van der Waals surface area contributed by atoms with Crippen LogP contribution < -0.4 is 4.90 Å². The molecule has 0 radical (unpaired) electrons. The van der Waals surface area contributed by atoms with Gasteiger partial charge in [0.25, 0.3) is 0 Å². The van der Waals surface area contributed by atoms with Crippen molar-refractivity contribution < 1.29 is 0 Å². The van der Waals surface area contributed by atoms with Crippen LogP contribution in [0.15, 0.2) is 243 Å². The summed E-state index contributed by atoms with van der Waals surface area (Å²) in [5, 5.41) is 12.7. The second-order valence-electron chi connectivity index (χ2n) is 16.7. The Balaban J connectivity index is 0.983. The summed E-state index contributed by atoms with van der Waals surface area (Å²) in [6.45, 7) is 0. The van der Waals surface area contributed by atoms with E-state index in [1.54, 1.807) is 0 Å². The number of fused-ring (bicyclic) bond motifs is 5. The van der Waals surface area contributed by atoms with Crippen LogP contribution in [0.5, 0.6) is 0 Å². The monoisotopic (exact) mass is 801 g/mol. The first-order valence-corrected chi connectivity index (χ1v) is 22.0. The van der Waals surface area contributed by atoms with Crippen molar-refractivity contribution in [2.24, 2.45) is 0 Å². The molecule has 1 aliphatic carbocycles. The summed E-state index contributed by atoms with van der Waals surface area (Å²) in [6, 6.07) is 82.3. The molecule has 0 aromatic heterocycles. The molecule has 0 saturated heterocycles. The molecule has 296 valence electrons. The van der Waals surface area contributed by atoms with E-state index < -0.39 is 0 Å². The number of rotatable bonds is 7. The maximum absolute atomic E-state index is 2.55. The SMILES string of the molecule is C1=CC(N(c2ccc(-c3c4ccccc4c(-c4ccccc4)c4ccccc34)cc2)c2cccc3ccccc23)CC=C1c1c2ccccc2c(-c2ccccc2)c2ccccc12. The summed E-state index contributed by atoms with van der Waals surface area (Å²) in [7, 11) is 0. The second kappa shape index (κ2) is 15.5. The fourth-order valence-electron chi connectivity index (χ4n) is 10.4. The Morgan fingerprint density at radius 1 is 0.317 bits per heavy atom. The van der Waals surface area contributed by atoms with Gasteiger partial charge in [-0.15, -0.1) is 0 Å². The van der Waals surface area contributed by atoms with Gasteiger partial charge in [0.2, 0.25) is 0 Å². The summed E-state index contributed by atoms with van der Waals surface area (Å²) in [6.07, 6.45) is 8.14. The molecule has 0 spiro atoms. The molecule has 0 saturated carbocycles. The predicted molar refractivity (Wildman–Crippen MR) is 271 cm³/mol. The van der Waals surface area contributed by atoms with E-state index in [1.165, 1.54) is 110 Å². The summed E-state index contributed by atoms with van der Waals surface area (Å²) in [5.74, 6) is 0. The molecule has 11 aromatic rings. The molecule has 1 atom stereocenters. The van der Waals surface area contributed by atoms with Crippen LogP contribution in [-0.2, 0) is 0 Å². The zero-order chi connectivity index (χ0) is 41.7. The first kappa shape index (κ1) is 36.8. The Labute approximate surface area is 368 Å². The minimum Gasteiger partial charge on any atom is -0.334 e. The summed E-state index contributed by atoms with van der Waals surface area (Å²) >= 11 is 0. The Hall–Kier alpha value is -8.00.